The number of hydrogen-bond acceptors (Lipinski definition) is 2. The number of rotatable bonds is 4. The summed E-state index contributed by atoms with van der Waals surface area (Å²) >= 11 is 0. The molecule has 1 saturated heterocycles. The zero-order chi connectivity index (χ0) is 13.0. The van der Waals surface area contributed by atoms with Crippen LogP contribution in [0.4, 0.5) is 0 Å². The number of quaternary nitrogens is 2. The van der Waals surface area contributed by atoms with Crippen molar-refractivity contribution >= 4 is 0 Å². The van der Waals surface area contributed by atoms with Crippen LogP contribution in [-0.2, 0) is 6.54 Å². The molecule has 2 rings (SSSR count). The molecule has 1 fully saturated rings. The fourth-order valence-electron chi connectivity index (χ4n) is 2.46. The van der Waals surface area contributed by atoms with E-state index in [1.807, 2.05) is 25.1 Å². The number of aromatic hydroxyl groups is 1. The quantitative estimate of drug-likeness (QED) is 0.623. The highest BCUT2D eigenvalue weighted by Gasteiger charge is 2.21. The van der Waals surface area contributed by atoms with Crippen molar-refractivity contribution in [3.63, 3.8) is 0 Å². The minimum absolute atomic E-state index is 0.318. The molecule has 0 saturated carbocycles. The van der Waals surface area contributed by atoms with Crippen LogP contribution in [0, 0.1) is 0 Å². The first-order valence-corrected chi connectivity index (χ1v) is 6.79. The summed E-state index contributed by atoms with van der Waals surface area (Å²) in [6.07, 6.45) is 0. The number of ether oxygens (including phenoxy) is 1. The van der Waals surface area contributed by atoms with Crippen molar-refractivity contribution in [2.45, 2.75) is 13.5 Å². The van der Waals surface area contributed by atoms with Crippen LogP contribution in [0.1, 0.15) is 12.5 Å². The van der Waals surface area contributed by atoms with Gasteiger partial charge in [0, 0.05) is 0 Å². The summed E-state index contributed by atoms with van der Waals surface area (Å²) in [6, 6.07) is 5.78. The number of hydrogen-bond donors (Lipinski definition) is 3. The summed E-state index contributed by atoms with van der Waals surface area (Å²) in [5, 5.41) is 10.2. The number of likely N-dealkylation sites (N-methyl/N-ethyl adjacent to an activating group) is 1. The number of nitrogens with one attached hydrogen (secondary N) is 2. The van der Waals surface area contributed by atoms with E-state index in [4.69, 9.17) is 4.74 Å². The Kier molecular flexibility index (Phi) is 4.44. The Labute approximate surface area is 109 Å². The van der Waals surface area contributed by atoms with Gasteiger partial charge < -0.3 is 19.6 Å². The van der Waals surface area contributed by atoms with E-state index >= 15 is 0 Å². The van der Waals surface area contributed by atoms with E-state index in [-0.39, 0.29) is 0 Å². The molecule has 0 amide bonds. The minimum Gasteiger partial charge on any atom is -0.504 e. The van der Waals surface area contributed by atoms with E-state index in [0.29, 0.717) is 18.1 Å². The molecule has 1 aromatic rings. The average molecular weight is 252 g/mol. The normalized spacial score (nSPS) is 23.9. The van der Waals surface area contributed by atoms with Gasteiger partial charge in [0.2, 0.25) is 0 Å². The molecule has 0 aliphatic carbocycles. The lowest BCUT2D eigenvalue weighted by molar-refractivity contribution is -1.01. The van der Waals surface area contributed by atoms with E-state index in [0.717, 1.165) is 12.1 Å². The number of para-hydroxylation sites is 1. The molecule has 1 aliphatic rings. The summed E-state index contributed by atoms with van der Waals surface area (Å²) in [7, 11) is 2.24. The maximum absolute atomic E-state index is 10.2. The van der Waals surface area contributed by atoms with Gasteiger partial charge in [0.05, 0.1) is 19.2 Å². The smallest absolute Gasteiger partial charge is 0.166 e. The molecule has 1 aliphatic heterocycles. The molecule has 1 aromatic carbocycles. The van der Waals surface area contributed by atoms with E-state index in [2.05, 4.69) is 7.05 Å². The summed E-state index contributed by atoms with van der Waals surface area (Å²) < 4.78 is 5.42. The van der Waals surface area contributed by atoms with Crippen molar-refractivity contribution in [1.82, 2.24) is 0 Å². The highest BCUT2D eigenvalue weighted by molar-refractivity contribution is 5.44. The molecule has 0 unspecified atom stereocenters. The van der Waals surface area contributed by atoms with Crippen LogP contribution in [-0.4, -0.2) is 44.9 Å². The Bertz CT molecular complexity index is 387. The lowest BCUT2D eigenvalue weighted by atomic mass is 10.1. The van der Waals surface area contributed by atoms with Gasteiger partial charge in [-0.15, -0.1) is 0 Å². The Morgan fingerprint density at radius 1 is 1.22 bits per heavy atom. The molecule has 4 nitrogen and oxygen atoms in total. The summed E-state index contributed by atoms with van der Waals surface area (Å²) in [5.41, 5.74) is 0.996. The molecule has 0 radical (unpaired) electrons. The van der Waals surface area contributed by atoms with Gasteiger partial charge >= 0.3 is 0 Å². The van der Waals surface area contributed by atoms with Crippen LogP contribution in [0.25, 0.3) is 0 Å². The summed E-state index contributed by atoms with van der Waals surface area (Å²) in [6.45, 7) is 8.17. The van der Waals surface area contributed by atoms with Crippen LogP contribution in [0.15, 0.2) is 18.2 Å². The molecular formula is C14H24N2O2+2. The third-order valence-electron chi connectivity index (χ3n) is 3.63. The standard InChI is InChI=1S/C14H22N2O2/c1-3-18-13-6-4-5-12(14(13)17)11-16-9-7-15(2)8-10-16/h4-6,17H,3,7-11H2,1-2H3/p+2. The van der Waals surface area contributed by atoms with Gasteiger partial charge in [-0.05, 0) is 19.1 Å². The molecule has 0 atom stereocenters. The first kappa shape index (κ1) is 13.2. The van der Waals surface area contributed by atoms with Crippen molar-refractivity contribution in [2.24, 2.45) is 0 Å². The Morgan fingerprint density at radius 3 is 2.61 bits per heavy atom. The van der Waals surface area contributed by atoms with E-state index in [1.54, 1.807) is 9.80 Å². The number of phenols is 1. The third kappa shape index (κ3) is 3.15. The Morgan fingerprint density at radius 2 is 1.94 bits per heavy atom. The highest BCUT2D eigenvalue weighted by Crippen LogP contribution is 2.29. The van der Waals surface area contributed by atoms with Gasteiger partial charge in [0.15, 0.2) is 11.5 Å². The first-order chi connectivity index (χ1) is 8.70. The van der Waals surface area contributed by atoms with Crippen molar-refractivity contribution in [2.75, 3.05) is 39.8 Å². The molecule has 1 heterocycles. The van der Waals surface area contributed by atoms with Crippen LogP contribution >= 0.6 is 0 Å². The number of benzene rings is 1. The monoisotopic (exact) mass is 252 g/mol. The van der Waals surface area contributed by atoms with Gasteiger partial charge in [0.1, 0.15) is 32.7 Å². The van der Waals surface area contributed by atoms with Crippen LogP contribution in [0.5, 0.6) is 11.5 Å². The number of piperazine rings is 1. The van der Waals surface area contributed by atoms with Crippen LogP contribution < -0.4 is 14.5 Å². The van der Waals surface area contributed by atoms with Crippen LogP contribution in [0.2, 0.25) is 0 Å². The Hall–Kier alpha value is -1.26. The second-order valence-corrected chi connectivity index (χ2v) is 5.08. The van der Waals surface area contributed by atoms with Gasteiger partial charge in [-0.25, -0.2) is 0 Å². The fourth-order valence-corrected chi connectivity index (χ4v) is 2.46. The molecule has 0 bridgehead atoms. The lowest BCUT2D eigenvalue weighted by Crippen LogP contribution is -3.26. The topological polar surface area (TPSA) is 38.3 Å². The molecule has 0 aromatic heterocycles. The van der Waals surface area contributed by atoms with Crippen molar-refractivity contribution in [3.8, 4) is 11.5 Å². The molecular weight excluding hydrogens is 228 g/mol. The maximum Gasteiger partial charge on any atom is 0.166 e. The molecule has 3 N–H and O–H groups in total. The third-order valence-corrected chi connectivity index (χ3v) is 3.63. The predicted octanol–water partition coefficient (Wildman–Crippen LogP) is -1.30. The maximum atomic E-state index is 10.2. The largest absolute Gasteiger partial charge is 0.504 e. The zero-order valence-electron chi connectivity index (χ0n) is 11.3. The van der Waals surface area contributed by atoms with Crippen molar-refractivity contribution in [1.29, 1.82) is 0 Å². The minimum atomic E-state index is 0.318. The van der Waals surface area contributed by atoms with E-state index in [9.17, 15) is 5.11 Å². The van der Waals surface area contributed by atoms with Crippen LogP contribution in [0.3, 0.4) is 0 Å². The lowest BCUT2D eigenvalue weighted by Gasteiger charge is -2.27. The first-order valence-electron chi connectivity index (χ1n) is 6.79. The molecule has 18 heavy (non-hydrogen) atoms. The van der Waals surface area contributed by atoms with Crippen molar-refractivity contribution < 1.29 is 19.6 Å². The Balaban J connectivity index is 2.02. The highest BCUT2D eigenvalue weighted by atomic mass is 16.5. The number of phenolic OH excluding ortho intramolecular Hbond substituents is 1. The van der Waals surface area contributed by atoms with Crippen molar-refractivity contribution in [3.05, 3.63) is 23.8 Å². The van der Waals surface area contributed by atoms with Gasteiger partial charge in [0.25, 0.3) is 0 Å². The fraction of sp³-hybridized carbons (Fsp3) is 0.571. The summed E-state index contributed by atoms with van der Waals surface area (Å²) in [5.74, 6) is 0.923. The second-order valence-electron chi connectivity index (χ2n) is 5.08. The van der Waals surface area contributed by atoms with E-state index in [1.165, 1.54) is 26.2 Å². The second kappa shape index (κ2) is 6.07. The molecule has 4 heteroatoms. The van der Waals surface area contributed by atoms with Gasteiger partial charge in [-0.1, -0.05) is 6.07 Å². The van der Waals surface area contributed by atoms with Gasteiger partial charge in [-0.3, -0.25) is 0 Å². The zero-order valence-corrected chi connectivity index (χ0v) is 11.3. The molecule has 100 valence electrons. The van der Waals surface area contributed by atoms with Gasteiger partial charge in [-0.2, -0.15) is 0 Å². The average Bonchev–Trinajstić information content (AvgIpc) is 2.37. The SMILES string of the molecule is CCOc1cccc(C[NH+]2CC[NH+](C)CC2)c1O. The summed E-state index contributed by atoms with van der Waals surface area (Å²) in [4.78, 5) is 3.15. The van der Waals surface area contributed by atoms with E-state index < -0.39 is 0 Å². The molecule has 0 spiro atoms. The predicted molar refractivity (Wildman–Crippen MR) is 70.3 cm³/mol.